The maximum atomic E-state index is 15.1. The molecule has 1 aliphatic heterocycles. The van der Waals surface area contributed by atoms with Crippen molar-refractivity contribution < 1.29 is 40.9 Å². The van der Waals surface area contributed by atoms with Crippen LogP contribution in [0.3, 0.4) is 0 Å². The Bertz CT molecular complexity index is 1170. The van der Waals surface area contributed by atoms with Gasteiger partial charge >= 0.3 is 6.36 Å². The standard InChI is InChI=1S/C27H27F5O4/c1-33-14-19-15-34-25(35-16-19)11-5-17-3-9-22-21(12-17)8-7-20(26(22)29)6-2-18-4-10-24(23(28)13-18)36-27(30,31)32/h3-4,7-10,12-13,19,25H,2,5-6,11,14-16H2,1H3. The van der Waals surface area contributed by atoms with Crippen LogP contribution in [0.25, 0.3) is 10.8 Å². The van der Waals surface area contributed by atoms with Gasteiger partial charge in [0.15, 0.2) is 17.9 Å². The average Bonchev–Trinajstić information content (AvgIpc) is 2.84. The van der Waals surface area contributed by atoms with E-state index in [0.29, 0.717) is 42.8 Å². The molecule has 1 fully saturated rings. The Balaban J connectivity index is 1.35. The average molecular weight is 510 g/mol. The van der Waals surface area contributed by atoms with Gasteiger partial charge in [-0.1, -0.05) is 36.4 Å². The van der Waals surface area contributed by atoms with Crippen molar-refractivity contribution in [3.8, 4) is 5.75 Å². The van der Waals surface area contributed by atoms with Crippen LogP contribution in [-0.2, 0) is 33.5 Å². The third-order valence-corrected chi connectivity index (χ3v) is 6.11. The van der Waals surface area contributed by atoms with Crippen LogP contribution in [0.1, 0.15) is 23.1 Å². The summed E-state index contributed by atoms with van der Waals surface area (Å²) in [4.78, 5) is 0. The van der Waals surface area contributed by atoms with Crippen molar-refractivity contribution in [3.63, 3.8) is 0 Å². The third-order valence-electron chi connectivity index (χ3n) is 6.11. The molecule has 0 bridgehead atoms. The van der Waals surface area contributed by atoms with E-state index in [1.807, 2.05) is 18.2 Å². The molecule has 36 heavy (non-hydrogen) atoms. The Morgan fingerprint density at radius 1 is 0.889 bits per heavy atom. The minimum absolute atomic E-state index is 0.242. The molecule has 0 saturated carbocycles. The number of benzene rings is 3. The first-order valence-corrected chi connectivity index (χ1v) is 11.7. The largest absolute Gasteiger partial charge is 0.573 e. The molecule has 0 N–H and O–H groups in total. The van der Waals surface area contributed by atoms with Crippen LogP contribution in [0, 0.1) is 17.6 Å². The lowest BCUT2D eigenvalue weighted by molar-refractivity contribution is -0.275. The predicted octanol–water partition coefficient (Wildman–Crippen LogP) is 6.37. The lowest BCUT2D eigenvalue weighted by Gasteiger charge is -2.29. The third kappa shape index (κ3) is 6.93. The molecule has 0 aromatic heterocycles. The molecule has 194 valence electrons. The Hall–Kier alpha value is -2.75. The van der Waals surface area contributed by atoms with Crippen molar-refractivity contribution >= 4 is 10.8 Å². The lowest BCUT2D eigenvalue weighted by Crippen LogP contribution is -2.34. The molecule has 9 heteroatoms. The number of hydrogen-bond acceptors (Lipinski definition) is 4. The second kappa shape index (κ2) is 11.5. The molecule has 3 aromatic rings. The van der Waals surface area contributed by atoms with E-state index in [0.717, 1.165) is 29.5 Å². The number of methoxy groups -OCH3 is 1. The van der Waals surface area contributed by atoms with Crippen LogP contribution < -0.4 is 4.74 Å². The number of ether oxygens (including phenoxy) is 4. The number of rotatable bonds is 9. The van der Waals surface area contributed by atoms with Crippen LogP contribution in [0.15, 0.2) is 48.5 Å². The highest BCUT2D eigenvalue weighted by Crippen LogP contribution is 2.28. The zero-order valence-electron chi connectivity index (χ0n) is 19.7. The fraction of sp³-hybridized carbons (Fsp3) is 0.407. The van der Waals surface area contributed by atoms with Gasteiger partial charge in [-0.3, -0.25) is 0 Å². The van der Waals surface area contributed by atoms with Gasteiger partial charge in [0, 0.05) is 24.8 Å². The van der Waals surface area contributed by atoms with E-state index in [1.54, 1.807) is 19.2 Å². The smallest absolute Gasteiger partial charge is 0.403 e. The minimum Gasteiger partial charge on any atom is -0.403 e. The fourth-order valence-corrected chi connectivity index (χ4v) is 4.29. The summed E-state index contributed by atoms with van der Waals surface area (Å²) in [7, 11) is 1.65. The van der Waals surface area contributed by atoms with E-state index in [1.165, 1.54) is 6.07 Å². The second-order valence-electron chi connectivity index (χ2n) is 8.86. The molecule has 0 unspecified atom stereocenters. The quantitative estimate of drug-likeness (QED) is 0.314. The molecule has 1 aliphatic rings. The highest BCUT2D eigenvalue weighted by atomic mass is 19.4. The van der Waals surface area contributed by atoms with E-state index in [4.69, 9.17) is 14.2 Å². The summed E-state index contributed by atoms with van der Waals surface area (Å²) in [5.74, 6) is -2.13. The summed E-state index contributed by atoms with van der Waals surface area (Å²) in [5.41, 5.74) is 1.93. The lowest BCUT2D eigenvalue weighted by atomic mass is 9.98. The van der Waals surface area contributed by atoms with Crippen molar-refractivity contribution in [1.82, 2.24) is 0 Å². The molecule has 0 atom stereocenters. The van der Waals surface area contributed by atoms with Gasteiger partial charge in [0.05, 0.1) is 19.8 Å². The molecule has 4 nitrogen and oxygen atoms in total. The molecular weight excluding hydrogens is 483 g/mol. The maximum absolute atomic E-state index is 15.1. The molecule has 1 saturated heterocycles. The normalized spacial score (nSPS) is 18.5. The minimum atomic E-state index is -4.97. The van der Waals surface area contributed by atoms with Crippen LogP contribution in [0.4, 0.5) is 22.0 Å². The summed E-state index contributed by atoms with van der Waals surface area (Å²) in [6.45, 7) is 1.80. The zero-order valence-corrected chi connectivity index (χ0v) is 19.7. The summed E-state index contributed by atoms with van der Waals surface area (Å²) >= 11 is 0. The Kier molecular flexibility index (Phi) is 8.43. The molecule has 3 aromatic carbocycles. The summed E-state index contributed by atoms with van der Waals surface area (Å²) < 4.78 is 86.3. The predicted molar refractivity (Wildman–Crippen MR) is 124 cm³/mol. The SMILES string of the molecule is COCC1COC(CCc2ccc3c(F)c(CCc4ccc(OC(F)(F)F)c(F)c4)ccc3c2)OC1. The van der Waals surface area contributed by atoms with Crippen LogP contribution >= 0.6 is 0 Å². The van der Waals surface area contributed by atoms with Gasteiger partial charge in [-0.05, 0) is 53.5 Å². The monoisotopic (exact) mass is 510 g/mol. The Labute approximate surface area is 205 Å². The Morgan fingerprint density at radius 3 is 2.31 bits per heavy atom. The number of alkyl halides is 3. The molecule has 0 radical (unpaired) electrons. The van der Waals surface area contributed by atoms with Crippen LogP contribution in [0.5, 0.6) is 5.75 Å². The molecule has 1 heterocycles. The first-order chi connectivity index (χ1) is 17.2. The van der Waals surface area contributed by atoms with E-state index in [2.05, 4.69) is 4.74 Å². The van der Waals surface area contributed by atoms with Crippen molar-refractivity contribution in [2.75, 3.05) is 26.9 Å². The maximum Gasteiger partial charge on any atom is 0.573 e. The fourth-order valence-electron chi connectivity index (χ4n) is 4.29. The van der Waals surface area contributed by atoms with E-state index in [9.17, 15) is 17.6 Å². The van der Waals surface area contributed by atoms with Gasteiger partial charge < -0.3 is 18.9 Å². The molecule has 4 rings (SSSR count). The zero-order chi connectivity index (χ0) is 25.7. The highest BCUT2D eigenvalue weighted by Gasteiger charge is 2.32. The van der Waals surface area contributed by atoms with Crippen molar-refractivity contribution in [2.45, 2.75) is 38.3 Å². The van der Waals surface area contributed by atoms with Gasteiger partial charge in [0.1, 0.15) is 5.82 Å². The number of fused-ring (bicyclic) bond motifs is 1. The highest BCUT2D eigenvalue weighted by molar-refractivity contribution is 5.84. The molecule has 0 amide bonds. The second-order valence-corrected chi connectivity index (χ2v) is 8.86. The van der Waals surface area contributed by atoms with Gasteiger partial charge in [0.25, 0.3) is 0 Å². The van der Waals surface area contributed by atoms with E-state index >= 15 is 4.39 Å². The van der Waals surface area contributed by atoms with Gasteiger partial charge in [-0.25, -0.2) is 8.78 Å². The first kappa shape index (κ1) is 26.3. The topological polar surface area (TPSA) is 36.9 Å². The molecule has 0 spiro atoms. The number of aryl methyl sites for hydroxylation is 3. The van der Waals surface area contributed by atoms with E-state index in [-0.39, 0.29) is 30.9 Å². The van der Waals surface area contributed by atoms with Crippen LogP contribution in [0.2, 0.25) is 0 Å². The molecule has 0 aliphatic carbocycles. The number of hydrogen-bond donors (Lipinski definition) is 0. The van der Waals surface area contributed by atoms with Gasteiger partial charge in [0.2, 0.25) is 0 Å². The summed E-state index contributed by atoms with van der Waals surface area (Å²) in [6.07, 6.45) is -3.30. The van der Waals surface area contributed by atoms with Crippen molar-refractivity contribution in [3.05, 3.63) is 76.9 Å². The van der Waals surface area contributed by atoms with Crippen molar-refractivity contribution in [1.29, 1.82) is 0 Å². The Morgan fingerprint density at radius 2 is 1.61 bits per heavy atom. The van der Waals surface area contributed by atoms with Crippen molar-refractivity contribution in [2.24, 2.45) is 5.92 Å². The van der Waals surface area contributed by atoms with Gasteiger partial charge in [-0.2, -0.15) is 0 Å². The van der Waals surface area contributed by atoms with Crippen LogP contribution in [-0.4, -0.2) is 39.6 Å². The molecular formula is C27H27F5O4. The summed E-state index contributed by atoms with van der Waals surface area (Å²) in [6, 6.07) is 12.3. The van der Waals surface area contributed by atoms with Gasteiger partial charge in [-0.15, -0.1) is 13.2 Å². The number of halogens is 5. The van der Waals surface area contributed by atoms with E-state index < -0.39 is 17.9 Å². The summed E-state index contributed by atoms with van der Waals surface area (Å²) in [5, 5.41) is 1.24. The first-order valence-electron chi connectivity index (χ1n) is 11.7.